The van der Waals surface area contributed by atoms with Crippen molar-refractivity contribution in [3.63, 3.8) is 0 Å². The molecule has 0 spiro atoms. The predicted octanol–water partition coefficient (Wildman–Crippen LogP) is 3.75. The van der Waals surface area contributed by atoms with Gasteiger partial charge in [-0.05, 0) is 29.2 Å². The van der Waals surface area contributed by atoms with Crippen LogP contribution in [0.3, 0.4) is 0 Å². The molecule has 0 aromatic heterocycles. The Labute approximate surface area is 113 Å². The molecule has 0 saturated heterocycles. The van der Waals surface area contributed by atoms with Crippen molar-refractivity contribution in [1.29, 1.82) is 0 Å². The Morgan fingerprint density at radius 1 is 0.842 bits per heavy atom. The van der Waals surface area contributed by atoms with Gasteiger partial charge >= 0.3 is 0 Å². The maximum absolute atomic E-state index is 10.3. The van der Waals surface area contributed by atoms with Gasteiger partial charge in [-0.2, -0.15) is 5.06 Å². The molecule has 0 saturated carbocycles. The van der Waals surface area contributed by atoms with Crippen molar-refractivity contribution in [3.8, 4) is 0 Å². The SMILES string of the molecule is CN(O)C1(C)c2ccccc2C=Cc2ccccc21. The first-order chi connectivity index (χ1) is 9.14. The predicted molar refractivity (Wildman–Crippen MR) is 77.8 cm³/mol. The smallest absolute Gasteiger partial charge is 0.0938 e. The van der Waals surface area contributed by atoms with Crippen LogP contribution in [0.5, 0.6) is 0 Å². The Bertz CT molecular complexity index is 594. The highest BCUT2D eigenvalue weighted by Gasteiger charge is 2.36. The van der Waals surface area contributed by atoms with Crippen molar-refractivity contribution in [2.75, 3.05) is 7.05 Å². The molecule has 3 rings (SSSR count). The molecule has 19 heavy (non-hydrogen) atoms. The number of fused-ring (bicyclic) bond motifs is 2. The third-order valence-electron chi connectivity index (χ3n) is 4.06. The van der Waals surface area contributed by atoms with E-state index in [1.807, 2.05) is 24.3 Å². The zero-order valence-electron chi connectivity index (χ0n) is 11.2. The number of hydrogen-bond donors (Lipinski definition) is 1. The lowest BCUT2D eigenvalue weighted by Gasteiger charge is -2.37. The summed E-state index contributed by atoms with van der Waals surface area (Å²) >= 11 is 0. The molecule has 0 amide bonds. The van der Waals surface area contributed by atoms with Crippen LogP contribution < -0.4 is 0 Å². The van der Waals surface area contributed by atoms with E-state index < -0.39 is 5.54 Å². The zero-order valence-corrected chi connectivity index (χ0v) is 11.2. The van der Waals surface area contributed by atoms with Gasteiger partial charge in [0.2, 0.25) is 0 Å². The average Bonchev–Trinajstić information content (AvgIpc) is 2.56. The van der Waals surface area contributed by atoms with Gasteiger partial charge in [0.25, 0.3) is 0 Å². The summed E-state index contributed by atoms with van der Waals surface area (Å²) < 4.78 is 0. The number of nitrogens with zero attached hydrogens (tertiary/aromatic N) is 1. The Hall–Kier alpha value is -1.90. The molecular formula is C17H17NO. The van der Waals surface area contributed by atoms with Crippen LogP contribution in [0.2, 0.25) is 0 Å². The average molecular weight is 251 g/mol. The second kappa shape index (κ2) is 4.34. The maximum atomic E-state index is 10.3. The summed E-state index contributed by atoms with van der Waals surface area (Å²) in [6.07, 6.45) is 4.23. The second-order valence-corrected chi connectivity index (χ2v) is 5.10. The largest absolute Gasteiger partial charge is 0.313 e. The van der Waals surface area contributed by atoms with Gasteiger partial charge in [-0.3, -0.25) is 0 Å². The lowest BCUT2D eigenvalue weighted by Crippen LogP contribution is -2.40. The van der Waals surface area contributed by atoms with Gasteiger partial charge in [0.05, 0.1) is 5.54 Å². The fourth-order valence-corrected chi connectivity index (χ4v) is 2.84. The molecule has 0 unspecified atom stereocenters. The lowest BCUT2D eigenvalue weighted by atomic mass is 9.81. The molecule has 2 nitrogen and oxygen atoms in total. The molecule has 0 bridgehead atoms. The third-order valence-corrected chi connectivity index (χ3v) is 4.06. The highest BCUT2D eigenvalue weighted by molar-refractivity contribution is 5.77. The molecule has 96 valence electrons. The van der Waals surface area contributed by atoms with E-state index in [0.29, 0.717) is 0 Å². The summed E-state index contributed by atoms with van der Waals surface area (Å²) in [5, 5.41) is 11.6. The van der Waals surface area contributed by atoms with Crippen molar-refractivity contribution in [2.45, 2.75) is 12.5 Å². The second-order valence-electron chi connectivity index (χ2n) is 5.10. The molecule has 0 fully saturated rings. The van der Waals surface area contributed by atoms with Gasteiger partial charge in [-0.25, -0.2) is 0 Å². The normalized spacial score (nSPS) is 15.8. The molecule has 0 radical (unpaired) electrons. The first-order valence-corrected chi connectivity index (χ1v) is 6.44. The Balaban J connectivity index is 2.37. The quantitative estimate of drug-likeness (QED) is 0.780. The monoisotopic (exact) mass is 251 g/mol. The van der Waals surface area contributed by atoms with E-state index in [1.54, 1.807) is 7.05 Å². The van der Waals surface area contributed by atoms with Crippen molar-refractivity contribution in [1.82, 2.24) is 5.06 Å². The van der Waals surface area contributed by atoms with E-state index in [0.717, 1.165) is 22.3 Å². The minimum absolute atomic E-state index is 0.545. The Kier molecular flexibility index (Phi) is 2.77. The highest BCUT2D eigenvalue weighted by atomic mass is 16.5. The van der Waals surface area contributed by atoms with Gasteiger partial charge in [0, 0.05) is 7.05 Å². The van der Waals surface area contributed by atoms with Gasteiger partial charge in [-0.15, -0.1) is 0 Å². The fourth-order valence-electron chi connectivity index (χ4n) is 2.84. The maximum Gasteiger partial charge on any atom is 0.0938 e. The topological polar surface area (TPSA) is 23.5 Å². The summed E-state index contributed by atoms with van der Waals surface area (Å²) in [4.78, 5) is 0. The van der Waals surface area contributed by atoms with Crippen molar-refractivity contribution >= 4 is 12.2 Å². The van der Waals surface area contributed by atoms with Crippen molar-refractivity contribution in [3.05, 3.63) is 70.8 Å². The van der Waals surface area contributed by atoms with Gasteiger partial charge in [-0.1, -0.05) is 60.7 Å². The summed E-state index contributed by atoms with van der Waals surface area (Å²) in [6.45, 7) is 2.05. The van der Waals surface area contributed by atoms with E-state index in [9.17, 15) is 5.21 Å². The minimum atomic E-state index is -0.545. The molecule has 2 heteroatoms. The third kappa shape index (κ3) is 1.72. The van der Waals surface area contributed by atoms with Crippen LogP contribution in [0.1, 0.15) is 29.2 Å². The first-order valence-electron chi connectivity index (χ1n) is 6.44. The van der Waals surface area contributed by atoms with Crippen LogP contribution in [0, 0.1) is 0 Å². The zero-order chi connectivity index (χ0) is 13.5. The van der Waals surface area contributed by atoms with Gasteiger partial charge < -0.3 is 5.21 Å². The van der Waals surface area contributed by atoms with Crippen LogP contribution in [-0.2, 0) is 5.54 Å². The molecule has 0 atom stereocenters. The highest BCUT2D eigenvalue weighted by Crippen LogP contribution is 2.40. The molecule has 1 N–H and O–H groups in total. The van der Waals surface area contributed by atoms with E-state index in [2.05, 4.69) is 43.3 Å². The summed E-state index contributed by atoms with van der Waals surface area (Å²) in [6, 6.07) is 16.4. The Morgan fingerprint density at radius 2 is 1.26 bits per heavy atom. The number of benzene rings is 2. The fraction of sp³-hybridized carbons (Fsp3) is 0.176. The molecule has 0 heterocycles. The van der Waals surface area contributed by atoms with Crippen LogP contribution in [-0.4, -0.2) is 17.3 Å². The number of rotatable bonds is 1. The standard InChI is InChI=1S/C17H17NO/c1-17(18(2)19)15-9-5-3-7-13(15)11-12-14-8-4-6-10-16(14)17/h3-12,19H,1-2H3. The molecule has 1 aliphatic rings. The van der Waals surface area contributed by atoms with Crippen LogP contribution in [0.25, 0.3) is 12.2 Å². The molecular weight excluding hydrogens is 234 g/mol. The number of hydroxylamine groups is 2. The molecule has 2 aromatic rings. The summed E-state index contributed by atoms with van der Waals surface area (Å²) in [7, 11) is 1.71. The summed E-state index contributed by atoms with van der Waals surface area (Å²) in [5.41, 5.74) is 3.96. The van der Waals surface area contributed by atoms with Gasteiger partial charge in [0.15, 0.2) is 0 Å². The number of hydrogen-bond acceptors (Lipinski definition) is 2. The van der Waals surface area contributed by atoms with Gasteiger partial charge in [0.1, 0.15) is 0 Å². The minimum Gasteiger partial charge on any atom is -0.313 e. The lowest BCUT2D eigenvalue weighted by molar-refractivity contribution is -0.134. The molecule has 2 aromatic carbocycles. The Morgan fingerprint density at radius 3 is 1.68 bits per heavy atom. The van der Waals surface area contributed by atoms with Crippen LogP contribution in [0.4, 0.5) is 0 Å². The molecule has 1 aliphatic carbocycles. The van der Waals surface area contributed by atoms with E-state index in [4.69, 9.17) is 0 Å². The van der Waals surface area contributed by atoms with Crippen LogP contribution >= 0.6 is 0 Å². The summed E-state index contributed by atoms with van der Waals surface area (Å²) in [5.74, 6) is 0. The van der Waals surface area contributed by atoms with E-state index >= 15 is 0 Å². The first kappa shape index (κ1) is 12.2. The van der Waals surface area contributed by atoms with Crippen LogP contribution in [0.15, 0.2) is 48.5 Å². The van der Waals surface area contributed by atoms with Crippen molar-refractivity contribution < 1.29 is 5.21 Å². The van der Waals surface area contributed by atoms with Crippen molar-refractivity contribution in [2.24, 2.45) is 0 Å². The van der Waals surface area contributed by atoms with E-state index in [-0.39, 0.29) is 0 Å². The van der Waals surface area contributed by atoms with E-state index in [1.165, 1.54) is 5.06 Å². The molecule has 0 aliphatic heterocycles.